The van der Waals surface area contributed by atoms with Crippen molar-refractivity contribution in [3.05, 3.63) is 83.7 Å². The third kappa shape index (κ3) is 3.77. The van der Waals surface area contributed by atoms with Gasteiger partial charge in [0.15, 0.2) is 0 Å². The summed E-state index contributed by atoms with van der Waals surface area (Å²) in [6, 6.07) is 17.6. The summed E-state index contributed by atoms with van der Waals surface area (Å²) in [5.74, 6) is 0.856. The summed E-state index contributed by atoms with van der Waals surface area (Å²) < 4.78 is 7.82. The second-order valence-corrected chi connectivity index (χ2v) is 6.50. The first-order valence-corrected chi connectivity index (χ1v) is 8.87. The highest BCUT2D eigenvalue weighted by Crippen LogP contribution is 2.26. The molecule has 5 heteroatoms. The van der Waals surface area contributed by atoms with E-state index < -0.39 is 0 Å². The Kier molecular flexibility index (Phi) is 4.69. The SMILES string of the molecule is O=C(NC[C@H]1CCc2ccccc2O1)c1cccc(Cn2cccn2)c1. The lowest BCUT2D eigenvalue weighted by molar-refractivity contribution is 0.0918. The van der Waals surface area contributed by atoms with Gasteiger partial charge in [-0.25, -0.2) is 0 Å². The van der Waals surface area contributed by atoms with Gasteiger partial charge in [-0.1, -0.05) is 30.3 Å². The van der Waals surface area contributed by atoms with Gasteiger partial charge in [0, 0.05) is 18.0 Å². The molecule has 3 aromatic rings. The van der Waals surface area contributed by atoms with Crippen molar-refractivity contribution in [2.75, 3.05) is 6.54 Å². The quantitative estimate of drug-likeness (QED) is 0.772. The van der Waals surface area contributed by atoms with Crippen molar-refractivity contribution in [1.82, 2.24) is 15.1 Å². The molecular weight excluding hydrogens is 326 g/mol. The second kappa shape index (κ2) is 7.44. The maximum Gasteiger partial charge on any atom is 0.251 e. The van der Waals surface area contributed by atoms with Gasteiger partial charge >= 0.3 is 0 Å². The predicted molar refractivity (Wildman–Crippen MR) is 99.3 cm³/mol. The fourth-order valence-electron chi connectivity index (χ4n) is 3.22. The third-order valence-corrected chi connectivity index (χ3v) is 4.59. The molecule has 0 aliphatic carbocycles. The Balaban J connectivity index is 1.35. The van der Waals surface area contributed by atoms with Crippen LogP contribution in [0.4, 0.5) is 0 Å². The van der Waals surface area contributed by atoms with Crippen LogP contribution in [0.15, 0.2) is 67.0 Å². The zero-order valence-electron chi connectivity index (χ0n) is 14.5. The van der Waals surface area contributed by atoms with E-state index in [1.807, 2.05) is 59.4 Å². The van der Waals surface area contributed by atoms with Gasteiger partial charge < -0.3 is 10.1 Å². The lowest BCUT2D eigenvalue weighted by Crippen LogP contribution is -2.37. The molecule has 132 valence electrons. The first kappa shape index (κ1) is 16.4. The Morgan fingerprint density at radius 2 is 2.12 bits per heavy atom. The van der Waals surface area contributed by atoms with Crippen molar-refractivity contribution in [2.24, 2.45) is 0 Å². The van der Waals surface area contributed by atoms with Gasteiger partial charge in [-0.05, 0) is 48.2 Å². The molecule has 0 fully saturated rings. The highest BCUT2D eigenvalue weighted by Gasteiger charge is 2.20. The number of aryl methyl sites for hydroxylation is 1. The number of fused-ring (bicyclic) bond motifs is 1. The second-order valence-electron chi connectivity index (χ2n) is 6.50. The molecule has 1 aliphatic rings. The molecule has 0 bridgehead atoms. The van der Waals surface area contributed by atoms with Crippen LogP contribution in [-0.2, 0) is 13.0 Å². The van der Waals surface area contributed by atoms with Crippen molar-refractivity contribution in [2.45, 2.75) is 25.5 Å². The van der Waals surface area contributed by atoms with E-state index in [4.69, 9.17) is 4.74 Å². The summed E-state index contributed by atoms with van der Waals surface area (Å²) in [7, 11) is 0. The monoisotopic (exact) mass is 347 g/mol. The molecule has 1 amide bonds. The number of nitrogens with one attached hydrogen (secondary N) is 1. The fraction of sp³-hybridized carbons (Fsp3) is 0.238. The molecule has 4 rings (SSSR count). The maximum absolute atomic E-state index is 12.5. The van der Waals surface area contributed by atoms with E-state index in [2.05, 4.69) is 16.5 Å². The molecular formula is C21H21N3O2. The minimum Gasteiger partial charge on any atom is -0.488 e. The Bertz CT molecular complexity index is 890. The van der Waals surface area contributed by atoms with E-state index in [1.54, 1.807) is 6.20 Å². The van der Waals surface area contributed by atoms with Gasteiger partial charge in [0.25, 0.3) is 5.91 Å². The topological polar surface area (TPSA) is 56.1 Å². The van der Waals surface area contributed by atoms with E-state index in [9.17, 15) is 4.79 Å². The number of hydrogen-bond acceptors (Lipinski definition) is 3. The molecule has 5 nitrogen and oxygen atoms in total. The number of hydrogen-bond donors (Lipinski definition) is 1. The van der Waals surface area contributed by atoms with Gasteiger partial charge in [0.05, 0.1) is 13.1 Å². The molecule has 0 saturated heterocycles. The molecule has 0 radical (unpaired) electrons. The standard InChI is InChI=1S/C21H21N3O2/c25-21(18-7-3-5-16(13-18)15-24-12-4-11-23-24)22-14-19-10-9-17-6-1-2-8-20(17)26-19/h1-8,11-13,19H,9-10,14-15H2,(H,22,25)/t19-/m1/s1. The number of nitrogens with zero attached hydrogens (tertiary/aromatic N) is 2. The average Bonchev–Trinajstić information content (AvgIpc) is 3.19. The number of carbonyl (C=O) groups is 1. The van der Waals surface area contributed by atoms with Crippen molar-refractivity contribution < 1.29 is 9.53 Å². The Labute approximate surface area is 152 Å². The number of rotatable bonds is 5. The van der Waals surface area contributed by atoms with E-state index in [-0.39, 0.29) is 12.0 Å². The first-order valence-electron chi connectivity index (χ1n) is 8.87. The first-order chi connectivity index (χ1) is 12.8. The third-order valence-electron chi connectivity index (χ3n) is 4.59. The van der Waals surface area contributed by atoms with Crippen LogP contribution in [0.25, 0.3) is 0 Å². The van der Waals surface area contributed by atoms with Gasteiger partial charge in [-0.3, -0.25) is 9.48 Å². The molecule has 0 saturated carbocycles. The molecule has 1 N–H and O–H groups in total. The lowest BCUT2D eigenvalue weighted by atomic mass is 10.0. The van der Waals surface area contributed by atoms with Crippen LogP contribution in [0.5, 0.6) is 5.75 Å². The summed E-state index contributed by atoms with van der Waals surface area (Å²) in [4.78, 5) is 12.5. The van der Waals surface area contributed by atoms with Crippen LogP contribution in [0.2, 0.25) is 0 Å². The minimum absolute atomic E-state index is 0.0149. The molecule has 1 aromatic heterocycles. The number of ether oxygens (including phenoxy) is 1. The van der Waals surface area contributed by atoms with Crippen molar-refractivity contribution in [3.63, 3.8) is 0 Å². The van der Waals surface area contributed by atoms with E-state index in [0.29, 0.717) is 18.7 Å². The van der Waals surface area contributed by atoms with Crippen molar-refractivity contribution in [1.29, 1.82) is 0 Å². The average molecular weight is 347 g/mol. The predicted octanol–water partition coefficient (Wildman–Crippen LogP) is 3.06. The van der Waals surface area contributed by atoms with Crippen LogP contribution in [0.3, 0.4) is 0 Å². The smallest absolute Gasteiger partial charge is 0.251 e. The summed E-state index contributed by atoms with van der Waals surface area (Å²) in [5.41, 5.74) is 2.94. The van der Waals surface area contributed by atoms with Gasteiger partial charge in [0.1, 0.15) is 11.9 Å². The highest BCUT2D eigenvalue weighted by atomic mass is 16.5. The number of para-hydroxylation sites is 1. The Hall–Kier alpha value is -3.08. The van der Waals surface area contributed by atoms with Crippen LogP contribution in [0.1, 0.15) is 27.9 Å². The van der Waals surface area contributed by atoms with E-state index in [1.165, 1.54) is 5.56 Å². The summed E-state index contributed by atoms with van der Waals surface area (Å²) in [5, 5.41) is 7.20. The molecule has 1 atom stereocenters. The van der Waals surface area contributed by atoms with Crippen LogP contribution >= 0.6 is 0 Å². The lowest BCUT2D eigenvalue weighted by Gasteiger charge is -2.26. The van der Waals surface area contributed by atoms with Gasteiger partial charge in [-0.2, -0.15) is 5.10 Å². The van der Waals surface area contributed by atoms with Gasteiger partial charge in [-0.15, -0.1) is 0 Å². The van der Waals surface area contributed by atoms with E-state index >= 15 is 0 Å². The van der Waals surface area contributed by atoms with Crippen LogP contribution in [0, 0.1) is 0 Å². The molecule has 26 heavy (non-hydrogen) atoms. The fourth-order valence-corrected chi connectivity index (χ4v) is 3.22. The number of carbonyl (C=O) groups excluding carboxylic acids is 1. The normalized spacial score (nSPS) is 15.8. The van der Waals surface area contributed by atoms with Crippen LogP contribution < -0.4 is 10.1 Å². The number of benzene rings is 2. The molecule has 2 heterocycles. The molecule has 1 aliphatic heterocycles. The summed E-state index contributed by atoms with van der Waals surface area (Å²) in [6.45, 7) is 1.16. The zero-order chi connectivity index (χ0) is 17.8. The molecule has 2 aromatic carbocycles. The van der Waals surface area contributed by atoms with Crippen molar-refractivity contribution in [3.8, 4) is 5.75 Å². The molecule has 0 spiro atoms. The van der Waals surface area contributed by atoms with E-state index in [0.717, 1.165) is 24.2 Å². The summed E-state index contributed by atoms with van der Waals surface area (Å²) >= 11 is 0. The Morgan fingerprint density at radius 3 is 3.00 bits per heavy atom. The zero-order valence-corrected chi connectivity index (χ0v) is 14.5. The number of aromatic nitrogens is 2. The molecule has 0 unspecified atom stereocenters. The van der Waals surface area contributed by atoms with Gasteiger partial charge in [0.2, 0.25) is 0 Å². The summed E-state index contributed by atoms with van der Waals surface area (Å²) in [6.07, 6.45) is 5.57. The maximum atomic E-state index is 12.5. The van der Waals surface area contributed by atoms with Crippen LogP contribution in [-0.4, -0.2) is 28.3 Å². The minimum atomic E-state index is -0.0743. The number of amides is 1. The highest BCUT2D eigenvalue weighted by molar-refractivity contribution is 5.94. The Morgan fingerprint density at radius 1 is 1.19 bits per heavy atom. The largest absolute Gasteiger partial charge is 0.488 e. The van der Waals surface area contributed by atoms with Crippen molar-refractivity contribution >= 4 is 5.91 Å².